The van der Waals surface area contributed by atoms with Crippen molar-refractivity contribution in [2.75, 3.05) is 12.4 Å². The summed E-state index contributed by atoms with van der Waals surface area (Å²) in [7, 11) is 1.44. The number of H-pyrrole nitrogens is 1. The molecule has 0 bridgehead atoms. The first-order valence-electron chi connectivity index (χ1n) is 4.81. The van der Waals surface area contributed by atoms with Crippen LogP contribution in [0.3, 0.4) is 0 Å². The molecule has 1 aromatic heterocycles. The van der Waals surface area contributed by atoms with Crippen LogP contribution in [-0.4, -0.2) is 45.3 Å². The number of nitrogens with zero attached hydrogens (tertiary/aromatic N) is 2. The Hall–Kier alpha value is -2.05. The number of anilines is 1. The van der Waals surface area contributed by atoms with Crippen LogP contribution in [0.5, 0.6) is 0 Å². The van der Waals surface area contributed by atoms with Crippen LogP contribution < -0.4 is 5.32 Å². The fraction of sp³-hybridized carbons (Fsp3) is 0.444. The number of carboxylic acids is 1. The molecule has 0 aromatic carbocycles. The van der Waals surface area contributed by atoms with Gasteiger partial charge in [-0.3, -0.25) is 5.10 Å². The van der Waals surface area contributed by atoms with E-state index in [9.17, 15) is 9.59 Å². The van der Waals surface area contributed by atoms with Crippen molar-refractivity contribution < 1.29 is 14.7 Å². The van der Waals surface area contributed by atoms with Gasteiger partial charge in [-0.05, 0) is 6.42 Å². The van der Waals surface area contributed by atoms with Gasteiger partial charge < -0.3 is 15.3 Å². The molecule has 3 N–H and O–H groups in total. The molecule has 0 aliphatic rings. The van der Waals surface area contributed by atoms with Crippen LogP contribution >= 0.6 is 0 Å². The number of nitrogens with one attached hydrogen (secondary N) is 2. The number of carbonyl (C=O) groups is 2. The molecule has 0 saturated heterocycles. The van der Waals surface area contributed by atoms with Crippen molar-refractivity contribution in [3.8, 4) is 0 Å². The van der Waals surface area contributed by atoms with E-state index in [1.165, 1.54) is 19.4 Å². The highest BCUT2D eigenvalue weighted by molar-refractivity contribution is 5.91. The van der Waals surface area contributed by atoms with Crippen LogP contribution in [0.4, 0.5) is 10.5 Å². The van der Waals surface area contributed by atoms with E-state index in [1.54, 1.807) is 6.92 Å². The van der Waals surface area contributed by atoms with E-state index in [2.05, 4.69) is 15.5 Å². The van der Waals surface area contributed by atoms with E-state index in [4.69, 9.17) is 5.11 Å². The number of rotatable bonds is 4. The second-order valence-corrected chi connectivity index (χ2v) is 3.29. The molecule has 16 heavy (non-hydrogen) atoms. The number of carboxylic acid groups (broad SMARTS) is 1. The number of hydrogen-bond acceptors (Lipinski definition) is 3. The van der Waals surface area contributed by atoms with Crippen LogP contribution in [0.15, 0.2) is 12.4 Å². The van der Waals surface area contributed by atoms with E-state index in [0.29, 0.717) is 12.1 Å². The van der Waals surface area contributed by atoms with Crippen LogP contribution in [0.1, 0.15) is 13.3 Å². The number of aromatic amines is 1. The lowest BCUT2D eigenvalue weighted by Crippen LogP contribution is -2.44. The van der Waals surface area contributed by atoms with Gasteiger partial charge in [0, 0.05) is 13.2 Å². The summed E-state index contributed by atoms with van der Waals surface area (Å²) in [6, 6.07) is -1.30. The SMILES string of the molecule is CCC(C(=O)O)N(C)C(=O)Nc1cn[nH]c1. The lowest BCUT2D eigenvalue weighted by Gasteiger charge is -2.23. The zero-order valence-electron chi connectivity index (χ0n) is 9.10. The molecule has 1 unspecified atom stereocenters. The van der Waals surface area contributed by atoms with Crippen molar-refractivity contribution in [1.82, 2.24) is 15.1 Å². The first-order chi connectivity index (χ1) is 7.56. The number of aromatic nitrogens is 2. The van der Waals surface area contributed by atoms with Gasteiger partial charge in [0.2, 0.25) is 0 Å². The van der Waals surface area contributed by atoms with E-state index in [-0.39, 0.29) is 0 Å². The molecule has 0 aliphatic carbocycles. The summed E-state index contributed by atoms with van der Waals surface area (Å²) in [6.07, 6.45) is 3.30. The Bertz CT molecular complexity index is 363. The third kappa shape index (κ3) is 2.72. The summed E-state index contributed by atoms with van der Waals surface area (Å²) in [5.74, 6) is -1.02. The summed E-state index contributed by atoms with van der Waals surface area (Å²) in [6.45, 7) is 1.71. The summed E-state index contributed by atoms with van der Waals surface area (Å²) in [5, 5.41) is 17.6. The van der Waals surface area contributed by atoms with Gasteiger partial charge in [0.25, 0.3) is 0 Å². The highest BCUT2D eigenvalue weighted by atomic mass is 16.4. The lowest BCUT2D eigenvalue weighted by molar-refractivity contribution is -0.141. The lowest BCUT2D eigenvalue weighted by atomic mass is 10.2. The maximum atomic E-state index is 11.6. The number of carbonyl (C=O) groups excluding carboxylic acids is 1. The van der Waals surface area contributed by atoms with E-state index in [1.807, 2.05) is 0 Å². The number of urea groups is 1. The van der Waals surface area contributed by atoms with Crippen molar-refractivity contribution in [2.24, 2.45) is 0 Å². The van der Waals surface area contributed by atoms with Crippen molar-refractivity contribution in [3.63, 3.8) is 0 Å². The van der Waals surface area contributed by atoms with Crippen molar-refractivity contribution in [3.05, 3.63) is 12.4 Å². The summed E-state index contributed by atoms with van der Waals surface area (Å²) in [5.41, 5.74) is 0.497. The van der Waals surface area contributed by atoms with E-state index < -0.39 is 18.0 Å². The monoisotopic (exact) mass is 226 g/mol. The minimum Gasteiger partial charge on any atom is -0.480 e. The Kier molecular flexibility index (Phi) is 3.87. The highest BCUT2D eigenvalue weighted by Crippen LogP contribution is 2.07. The Balaban J connectivity index is 2.62. The maximum Gasteiger partial charge on any atom is 0.326 e. The zero-order valence-corrected chi connectivity index (χ0v) is 9.10. The van der Waals surface area contributed by atoms with Crippen LogP contribution in [0.2, 0.25) is 0 Å². The van der Waals surface area contributed by atoms with Gasteiger partial charge >= 0.3 is 12.0 Å². The quantitative estimate of drug-likeness (QED) is 0.705. The van der Waals surface area contributed by atoms with Crippen molar-refractivity contribution in [1.29, 1.82) is 0 Å². The van der Waals surface area contributed by atoms with Gasteiger partial charge in [-0.1, -0.05) is 6.92 Å². The summed E-state index contributed by atoms with van der Waals surface area (Å²) >= 11 is 0. The molecular formula is C9H14N4O3. The first-order valence-corrected chi connectivity index (χ1v) is 4.81. The fourth-order valence-electron chi connectivity index (χ4n) is 1.29. The smallest absolute Gasteiger partial charge is 0.326 e. The second kappa shape index (κ2) is 5.15. The van der Waals surface area contributed by atoms with Crippen LogP contribution in [-0.2, 0) is 4.79 Å². The average molecular weight is 226 g/mol. The molecule has 1 rings (SSSR count). The van der Waals surface area contributed by atoms with Crippen molar-refractivity contribution >= 4 is 17.7 Å². The minimum atomic E-state index is -1.02. The molecule has 7 heteroatoms. The molecular weight excluding hydrogens is 212 g/mol. The Labute approximate surface area is 92.4 Å². The largest absolute Gasteiger partial charge is 0.480 e. The molecule has 1 heterocycles. The number of amides is 2. The summed E-state index contributed by atoms with van der Waals surface area (Å²) in [4.78, 5) is 23.6. The standard InChI is InChI=1S/C9H14N4O3/c1-3-7(8(14)15)13(2)9(16)12-6-4-10-11-5-6/h4-5,7H,3H2,1-2H3,(H,10,11)(H,12,16)(H,14,15). The molecule has 1 aromatic rings. The van der Waals surface area contributed by atoms with E-state index in [0.717, 1.165) is 4.90 Å². The predicted octanol–water partition coefficient (Wildman–Crippen LogP) is 0.737. The molecule has 0 saturated carbocycles. The minimum absolute atomic E-state index is 0.352. The Morgan fingerprint density at radius 2 is 2.38 bits per heavy atom. The number of hydrogen-bond donors (Lipinski definition) is 3. The average Bonchev–Trinajstić information content (AvgIpc) is 2.70. The zero-order chi connectivity index (χ0) is 12.1. The Morgan fingerprint density at radius 1 is 1.69 bits per heavy atom. The molecule has 0 aliphatic heterocycles. The molecule has 2 amide bonds. The molecule has 1 atom stereocenters. The second-order valence-electron chi connectivity index (χ2n) is 3.29. The third-order valence-electron chi connectivity index (χ3n) is 2.21. The van der Waals surface area contributed by atoms with Gasteiger partial charge in [-0.25, -0.2) is 9.59 Å². The predicted molar refractivity (Wildman–Crippen MR) is 57.1 cm³/mol. The van der Waals surface area contributed by atoms with Gasteiger partial charge in [-0.15, -0.1) is 0 Å². The topological polar surface area (TPSA) is 98.3 Å². The Morgan fingerprint density at radius 3 is 2.81 bits per heavy atom. The van der Waals surface area contributed by atoms with Crippen molar-refractivity contribution in [2.45, 2.75) is 19.4 Å². The first kappa shape index (κ1) is 12.0. The van der Waals surface area contributed by atoms with Gasteiger partial charge in [0.1, 0.15) is 6.04 Å². The molecule has 88 valence electrons. The van der Waals surface area contributed by atoms with E-state index >= 15 is 0 Å². The molecule has 0 spiro atoms. The van der Waals surface area contributed by atoms with Crippen LogP contribution in [0.25, 0.3) is 0 Å². The van der Waals surface area contributed by atoms with Crippen LogP contribution in [0, 0.1) is 0 Å². The van der Waals surface area contributed by atoms with Gasteiger partial charge in [-0.2, -0.15) is 5.10 Å². The molecule has 0 radical (unpaired) electrons. The fourth-order valence-corrected chi connectivity index (χ4v) is 1.29. The molecule has 7 nitrogen and oxygen atoms in total. The number of aliphatic carboxylic acids is 1. The van der Waals surface area contributed by atoms with Gasteiger partial charge in [0.05, 0.1) is 11.9 Å². The molecule has 0 fully saturated rings. The summed E-state index contributed by atoms with van der Waals surface area (Å²) < 4.78 is 0. The third-order valence-corrected chi connectivity index (χ3v) is 2.21. The number of likely N-dealkylation sites (N-methyl/N-ethyl adjacent to an activating group) is 1. The maximum absolute atomic E-state index is 11.6. The normalized spacial score (nSPS) is 11.9. The highest BCUT2D eigenvalue weighted by Gasteiger charge is 2.24. The van der Waals surface area contributed by atoms with Gasteiger partial charge in [0.15, 0.2) is 0 Å².